The van der Waals surface area contributed by atoms with E-state index < -0.39 is 29.0 Å². The van der Waals surface area contributed by atoms with Crippen LogP contribution in [0.3, 0.4) is 0 Å². The molecule has 3 aromatic rings. The van der Waals surface area contributed by atoms with Gasteiger partial charge in [-0.1, -0.05) is 0 Å². The SMILES string of the molecule is Cc1nn(-c2ncc(C(=O)NC3CCC(C(C)(C)O)CC3)cc2F)c2c(F)c(F)ccc12. The number of amides is 1. The minimum Gasteiger partial charge on any atom is -0.390 e. The smallest absolute Gasteiger partial charge is 0.253 e. The lowest BCUT2D eigenvalue weighted by molar-refractivity contribution is -0.00257. The van der Waals surface area contributed by atoms with Crippen molar-refractivity contribution >= 4 is 16.8 Å². The Bertz CT molecular complexity index is 1180. The molecule has 1 saturated carbocycles. The second-order valence-electron chi connectivity index (χ2n) is 8.96. The van der Waals surface area contributed by atoms with Gasteiger partial charge in [0.1, 0.15) is 5.52 Å². The van der Waals surface area contributed by atoms with E-state index in [2.05, 4.69) is 15.4 Å². The topological polar surface area (TPSA) is 80.0 Å². The van der Waals surface area contributed by atoms with Crippen LogP contribution in [-0.4, -0.2) is 37.4 Å². The number of pyridine rings is 1. The minimum absolute atomic E-state index is 0.0238. The van der Waals surface area contributed by atoms with Crippen LogP contribution in [-0.2, 0) is 0 Å². The van der Waals surface area contributed by atoms with E-state index in [4.69, 9.17) is 0 Å². The van der Waals surface area contributed by atoms with E-state index in [-0.39, 0.29) is 28.9 Å². The molecule has 0 saturated heterocycles. The molecule has 1 aliphatic carbocycles. The summed E-state index contributed by atoms with van der Waals surface area (Å²) < 4.78 is 43.9. The lowest BCUT2D eigenvalue weighted by Crippen LogP contribution is -2.41. The number of rotatable bonds is 4. The molecule has 0 radical (unpaired) electrons. The first kappa shape index (κ1) is 22.3. The predicted octanol–water partition coefficient (Wildman–Crippen LogP) is 4.21. The van der Waals surface area contributed by atoms with E-state index in [0.29, 0.717) is 11.1 Å². The van der Waals surface area contributed by atoms with Gasteiger partial charge in [0.15, 0.2) is 23.3 Å². The van der Waals surface area contributed by atoms with Crippen LogP contribution in [0.2, 0.25) is 0 Å². The molecule has 0 spiro atoms. The lowest BCUT2D eigenvalue weighted by atomic mass is 9.77. The molecule has 1 aromatic carbocycles. The van der Waals surface area contributed by atoms with E-state index >= 15 is 0 Å². The second-order valence-corrected chi connectivity index (χ2v) is 8.96. The molecule has 0 bridgehead atoms. The van der Waals surface area contributed by atoms with E-state index in [1.807, 2.05) is 0 Å². The fourth-order valence-electron chi connectivity index (χ4n) is 4.37. The standard InChI is InChI=1S/C23H25F3N4O2/c1-12-16-8-9-17(24)19(26)20(16)30(29-12)21-18(25)10-13(11-27-21)22(31)28-15-6-4-14(5-7-15)23(2,3)32/h8-11,14-15,32H,4-7H2,1-3H3,(H,28,31). The zero-order chi connectivity index (χ0) is 23.2. The van der Waals surface area contributed by atoms with Crippen LogP contribution in [0.15, 0.2) is 24.4 Å². The number of fused-ring (bicyclic) bond motifs is 1. The highest BCUT2D eigenvalue weighted by Crippen LogP contribution is 2.32. The van der Waals surface area contributed by atoms with Crippen LogP contribution in [0.25, 0.3) is 16.7 Å². The number of nitrogens with one attached hydrogen (secondary N) is 1. The first-order valence-electron chi connectivity index (χ1n) is 10.6. The Morgan fingerprint density at radius 3 is 2.47 bits per heavy atom. The summed E-state index contributed by atoms with van der Waals surface area (Å²) in [6, 6.07) is 3.31. The van der Waals surface area contributed by atoms with Gasteiger partial charge in [-0.15, -0.1) is 0 Å². The maximum absolute atomic E-state index is 14.9. The Labute approximate surface area is 183 Å². The molecule has 2 heterocycles. The molecule has 4 rings (SSSR count). The summed E-state index contributed by atoms with van der Waals surface area (Å²) in [5, 5.41) is 17.5. The van der Waals surface area contributed by atoms with Crippen molar-refractivity contribution in [2.24, 2.45) is 5.92 Å². The van der Waals surface area contributed by atoms with Crippen molar-refractivity contribution in [3.63, 3.8) is 0 Å². The Kier molecular flexibility index (Phi) is 5.70. The van der Waals surface area contributed by atoms with Crippen LogP contribution in [0.4, 0.5) is 13.2 Å². The fraction of sp³-hybridized carbons (Fsp3) is 0.435. The van der Waals surface area contributed by atoms with Gasteiger partial charge in [0.25, 0.3) is 5.91 Å². The van der Waals surface area contributed by atoms with E-state index in [0.717, 1.165) is 42.5 Å². The second kappa shape index (κ2) is 8.20. The van der Waals surface area contributed by atoms with E-state index in [1.54, 1.807) is 20.8 Å². The maximum Gasteiger partial charge on any atom is 0.253 e. The number of aliphatic hydroxyl groups is 1. The molecule has 170 valence electrons. The van der Waals surface area contributed by atoms with Crippen molar-refractivity contribution in [1.29, 1.82) is 0 Å². The van der Waals surface area contributed by atoms with Crippen molar-refractivity contribution in [3.05, 3.63) is 53.1 Å². The van der Waals surface area contributed by atoms with Crippen molar-refractivity contribution in [1.82, 2.24) is 20.1 Å². The number of hydrogen-bond acceptors (Lipinski definition) is 4. The maximum atomic E-state index is 14.9. The third-order valence-electron chi connectivity index (χ3n) is 6.27. The summed E-state index contributed by atoms with van der Waals surface area (Å²) in [5.41, 5.74) is -0.552. The third-order valence-corrected chi connectivity index (χ3v) is 6.27. The van der Waals surface area contributed by atoms with Crippen molar-refractivity contribution in [2.45, 2.75) is 58.1 Å². The molecule has 2 aromatic heterocycles. The molecule has 1 aliphatic rings. The first-order chi connectivity index (χ1) is 15.1. The monoisotopic (exact) mass is 446 g/mol. The highest BCUT2D eigenvalue weighted by atomic mass is 19.2. The number of halogens is 3. The Hall–Kier alpha value is -2.94. The summed E-state index contributed by atoms with van der Waals surface area (Å²) in [7, 11) is 0. The number of carbonyl (C=O) groups is 1. The zero-order valence-corrected chi connectivity index (χ0v) is 18.1. The molecule has 32 heavy (non-hydrogen) atoms. The van der Waals surface area contributed by atoms with Gasteiger partial charge in [0.2, 0.25) is 0 Å². The fourth-order valence-corrected chi connectivity index (χ4v) is 4.37. The van der Waals surface area contributed by atoms with Gasteiger partial charge in [-0.05, 0) is 70.6 Å². The zero-order valence-electron chi connectivity index (χ0n) is 18.1. The third kappa shape index (κ3) is 4.09. The molecular weight excluding hydrogens is 421 g/mol. The first-order valence-corrected chi connectivity index (χ1v) is 10.6. The van der Waals surface area contributed by atoms with Crippen LogP contribution in [0, 0.1) is 30.3 Å². The van der Waals surface area contributed by atoms with Gasteiger partial charge in [-0.25, -0.2) is 22.8 Å². The average Bonchev–Trinajstić information content (AvgIpc) is 3.07. The highest BCUT2D eigenvalue weighted by molar-refractivity contribution is 5.94. The summed E-state index contributed by atoms with van der Waals surface area (Å²) in [6.45, 7) is 5.18. The Morgan fingerprint density at radius 1 is 1.16 bits per heavy atom. The molecule has 1 amide bonds. The van der Waals surface area contributed by atoms with Crippen LogP contribution < -0.4 is 5.32 Å². The molecule has 0 aliphatic heterocycles. The van der Waals surface area contributed by atoms with Crippen LogP contribution in [0.1, 0.15) is 55.6 Å². The summed E-state index contributed by atoms with van der Waals surface area (Å²) in [5.74, 6) is -3.71. The highest BCUT2D eigenvalue weighted by Gasteiger charge is 2.32. The van der Waals surface area contributed by atoms with Crippen molar-refractivity contribution < 1.29 is 23.1 Å². The molecule has 2 N–H and O–H groups in total. The number of benzene rings is 1. The normalized spacial score (nSPS) is 19.3. The quantitative estimate of drug-likeness (QED) is 0.629. The van der Waals surface area contributed by atoms with Gasteiger partial charge in [-0.3, -0.25) is 4.79 Å². The Balaban J connectivity index is 1.54. The summed E-state index contributed by atoms with van der Waals surface area (Å²) in [4.78, 5) is 16.6. The minimum atomic E-state index is -1.15. The van der Waals surface area contributed by atoms with Gasteiger partial charge in [-0.2, -0.15) is 5.10 Å². The summed E-state index contributed by atoms with van der Waals surface area (Å²) >= 11 is 0. The van der Waals surface area contributed by atoms with E-state index in [9.17, 15) is 23.1 Å². The number of aryl methyl sites for hydroxylation is 1. The van der Waals surface area contributed by atoms with Gasteiger partial charge in [0, 0.05) is 17.6 Å². The average molecular weight is 446 g/mol. The number of nitrogens with zero attached hydrogens (tertiary/aromatic N) is 3. The number of aromatic nitrogens is 3. The largest absolute Gasteiger partial charge is 0.390 e. The van der Waals surface area contributed by atoms with Crippen molar-refractivity contribution in [2.75, 3.05) is 0 Å². The predicted molar refractivity (Wildman–Crippen MR) is 113 cm³/mol. The van der Waals surface area contributed by atoms with Gasteiger partial charge < -0.3 is 10.4 Å². The molecule has 0 atom stereocenters. The van der Waals surface area contributed by atoms with Crippen LogP contribution >= 0.6 is 0 Å². The number of hydrogen-bond donors (Lipinski definition) is 2. The van der Waals surface area contributed by atoms with Crippen LogP contribution in [0.5, 0.6) is 0 Å². The number of carbonyl (C=O) groups excluding carboxylic acids is 1. The molecule has 6 nitrogen and oxygen atoms in total. The molecule has 1 fully saturated rings. The van der Waals surface area contributed by atoms with Gasteiger partial charge >= 0.3 is 0 Å². The van der Waals surface area contributed by atoms with E-state index in [1.165, 1.54) is 12.3 Å². The van der Waals surface area contributed by atoms with Gasteiger partial charge in [0.05, 0.1) is 16.9 Å². The molecular formula is C23H25F3N4O2. The molecule has 9 heteroatoms. The lowest BCUT2D eigenvalue weighted by Gasteiger charge is -2.36. The summed E-state index contributed by atoms with van der Waals surface area (Å²) in [6.07, 6.45) is 4.20. The Morgan fingerprint density at radius 2 is 1.84 bits per heavy atom. The van der Waals surface area contributed by atoms with Crippen molar-refractivity contribution in [3.8, 4) is 5.82 Å². The molecule has 0 unspecified atom stereocenters.